The highest BCUT2D eigenvalue weighted by Crippen LogP contribution is 2.65. The Bertz CT molecular complexity index is 4300. The lowest BCUT2D eigenvalue weighted by Gasteiger charge is -2.33. The van der Waals surface area contributed by atoms with Crippen molar-refractivity contribution in [1.29, 1.82) is 0 Å². The predicted octanol–water partition coefficient (Wildman–Crippen LogP) is 8.85. The Morgan fingerprint density at radius 1 is 0.234 bits per heavy atom. The number of hydrogen-bond acceptors (Lipinski definition) is 12. The van der Waals surface area contributed by atoms with Crippen LogP contribution in [0, 0.1) is 107 Å². The van der Waals surface area contributed by atoms with Crippen LogP contribution in [0.25, 0.3) is 22.3 Å². The third kappa shape index (κ3) is 8.24. The lowest BCUT2D eigenvalue weighted by molar-refractivity contribution is -0.139. The normalized spacial score (nSPS) is 35.7. The summed E-state index contributed by atoms with van der Waals surface area (Å²) in [5, 5.41) is 0. The van der Waals surface area contributed by atoms with Crippen LogP contribution < -0.4 is 0 Å². The molecule has 18 nitrogen and oxygen atoms in total. The van der Waals surface area contributed by atoms with Crippen LogP contribution in [-0.4, -0.2) is 140 Å². The van der Waals surface area contributed by atoms with Gasteiger partial charge in [0.05, 0.1) is 44.5 Å². The van der Waals surface area contributed by atoms with Crippen LogP contribution in [0.3, 0.4) is 0 Å². The highest BCUT2D eigenvalue weighted by molar-refractivity contribution is 6.25. The molecule has 19 rings (SSSR count). The van der Waals surface area contributed by atoms with Gasteiger partial charge in [0.25, 0.3) is 70.9 Å². The first kappa shape index (κ1) is 56.7. The molecular formula is C76H70N6O12. The summed E-state index contributed by atoms with van der Waals surface area (Å²) in [7, 11) is 0. The summed E-state index contributed by atoms with van der Waals surface area (Å²) in [6.07, 6.45) is 17.0. The first-order valence-corrected chi connectivity index (χ1v) is 34.6. The molecule has 6 aliphatic heterocycles. The molecule has 94 heavy (non-hydrogen) atoms. The highest BCUT2D eigenvalue weighted by atomic mass is 16.2. The third-order valence-electron chi connectivity index (χ3n) is 27.0. The first-order chi connectivity index (χ1) is 45.5. The minimum atomic E-state index is -0.344. The largest absolute Gasteiger partial charge is 0.275 e. The number of carbonyl (C=O) groups excluding carboxylic acids is 12. The monoisotopic (exact) mass is 1260 g/mol. The second-order valence-corrected chi connectivity index (χ2v) is 31.1. The van der Waals surface area contributed by atoms with Crippen LogP contribution in [0.1, 0.15) is 160 Å². The van der Waals surface area contributed by atoms with Crippen molar-refractivity contribution >= 4 is 70.9 Å². The number of hydrogen-bond donors (Lipinski definition) is 0. The van der Waals surface area contributed by atoms with Gasteiger partial charge in [-0.3, -0.25) is 86.9 Å². The van der Waals surface area contributed by atoms with Gasteiger partial charge in [-0.1, -0.05) is 24.3 Å². The standard InChI is InChI=1S/C76H70N6O12/c83-65-9-10-66(84)77(65)29-35-13-52-42-19-45(55(26-42)58(52)16-35)32-80-70(88)49-6-2-39(23-62(49)74(80)92)38-1-5-48-61(22-38)73(91)79(69(48)87)31-37-15-54-44-21-47(57(28-44)60(54)18-37)34-82-72(90)51-8-4-41(25-64(51)76(82)94)40-3-7-50-63(24-40)75(93)81(71(50)89)33-46-20-43-27-56(46)59-17-36(14-53(43)59)30-78-67(85)11-12-68(78)86/h1-12,22-25,35-37,42-47,52-60H,13-21,26-34H2. The summed E-state index contributed by atoms with van der Waals surface area (Å²) in [6.45, 7) is 2.23. The molecule has 12 amide bonds. The second-order valence-electron chi connectivity index (χ2n) is 31.1. The fraction of sp³-hybridized carbons (Fsp3) is 0.474. The minimum absolute atomic E-state index is 0.106. The topological polar surface area (TPSA) is 224 Å². The van der Waals surface area contributed by atoms with Crippen molar-refractivity contribution in [2.45, 2.75) is 77.0 Å². The van der Waals surface area contributed by atoms with Crippen LogP contribution in [0.15, 0.2) is 97.1 Å². The quantitative estimate of drug-likeness (QED) is 0.108. The maximum atomic E-state index is 14.3. The van der Waals surface area contributed by atoms with Gasteiger partial charge < -0.3 is 0 Å². The molecule has 6 heterocycles. The average Bonchev–Trinajstić information content (AvgIpc) is 1.59. The highest BCUT2D eigenvalue weighted by Gasteiger charge is 2.61. The maximum absolute atomic E-state index is 14.3. The van der Waals surface area contributed by atoms with Crippen molar-refractivity contribution in [3.63, 3.8) is 0 Å². The van der Waals surface area contributed by atoms with Crippen LogP contribution in [-0.2, 0) is 19.2 Å². The van der Waals surface area contributed by atoms with E-state index in [2.05, 4.69) is 0 Å². The van der Waals surface area contributed by atoms with Crippen LogP contribution in [0.5, 0.6) is 0 Å². The summed E-state index contributed by atoms with van der Waals surface area (Å²) in [6, 6.07) is 20.9. The van der Waals surface area contributed by atoms with Crippen molar-refractivity contribution < 1.29 is 57.5 Å². The van der Waals surface area contributed by atoms with Gasteiger partial charge in [0.2, 0.25) is 0 Å². The Labute approximate surface area is 542 Å². The van der Waals surface area contributed by atoms with E-state index in [1.54, 1.807) is 72.8 Å². The lowest BCUT2D eigenvalue weighted by Crippen LogP contribution is -2.38. The molecule has 18 heteroatoms. The smallest absolute Gasteiger partial charge is 0.261 e. The molecule has 4 aromatic carbocycles. The van der Waals surface area contributed by atoms with Crippen molar-refractivity contribution in [2.75, 3.05) is 39.3 Å². The van der Waals surface area contributed by atoms with Gasteiger partial charge in [-0.15, -0.1) is 0 Å². The zero-order chi connectivity index (χ0) is 63.8. The van der Waals surface area contributed by atoms with Gasteiger partial charge in [-0.2, -0.15) is 0 Å². The van der Waals surface area contributed by atoms with Gasteiger partial charge in [0.1, 0.15) is 0 Å². The van der Waals surface area contributed by atoms with Crippen molar-refractivity contribution in [3.05, 3.63) is 142 Å². The van der Waals surface area contributed by atoms with Crippen molar-refractivity contribution in [2.24, 2.45) is 107 Å². The second kappa shape index (κ2) is 20.4. The first-order valence-electron chi connectivity index (χ1n) is 34.6. The van der Waals surface area contributed by atoms with Gasteiger partial charge in [-0.05, 0) is 254 Å². The molecule has 0 aromatic heterocycles. The summed E-state index contributed by atoms with van der Waals surface area (Å²) in [5.41, 5.74) is 5.38. The van der Waals surface area contributed by atoms with E-state index in [1.165, 1.54) is 53.7 Å². The van der Waals surface area contributed by atoms with Gasteiger partial charge in [0, 0.05) is 63.6 Å². The lowest BCUT2D eigenvalue weighted by atomic mass is 9.75. The molecule has 18 unspecified atom stereocenters. The molecule has 15 aliphatic rings. The molecule has 0 spiro atoms. The van der Waals surface area contributed by atoms with E-state index in [0.717, 1.165) is 77.0 Å². The van der Waals surface area contributed by atoms with Crippen molar-refractivity contribution in [1.82, 2.24) is 29.4 Å². The average molecular weight is 1260 g/mol. The molecule has 0 radical (unpaired) electrons. The van der Waals surface area contributed by atoms with E-state index in [1.807, 2.05) is 0 Å². The minimum Gasteiger partial charge on any atom is -0.275 e. The summed E-state index contributed by atoms with van der Waals surface area (Å²) >= 11 is 0. The Balaban J connectivity index is 0.469. The number of rotatable bonds is 14. The van der Waals surface area contributed by atoms with E-state index >= 15 is 0 Å². The third-order valence-corrected chi connectivity index (χ3v) is 27.0. The SMILES string of the molecule is O=C1C=CC(=O)N1CC1CC2C3CC(CN4C(=O)c5ccc(-c6ccc7c(c6)C(=O)N(CC6CC8C9CC(CN%10C(=O)c%11ccc(-c%12ccc%13c(c%12)C(=O)N(CC%12CC%14CC%12C%12CC(CN%15C(=O)C=CC%15=O)CC%14%12)C%13=O)cc%11C%10=O)C(C9)C8C6)C7=O)cc5C4=O)C(C3)C2C1. The number of amides is 12. The zero-order valence-corrected chi connectivity index (χ0v) is 51.9. The number of imide groups is 6. The zero-order valence-electron chi connectivity index (χ0n) is 51.9. The molecular weight excluding hydrogens is 1190 g/mol. The molecule has 18 atom stereocenters. The molecule has 9 fully saturated rings. The van der Waals surface area contributed by atoms with Crippen LogP contribution >= 0.6 is 0 Å². The van der Waals surface area contributed by atoms with E-state index in [9.17, 15) is 57.5 Å². The molecule has 6 bridgehead atoms. The molecule has 4 aromatic rings. The number of fused-ring (bicyclic) bond motifs is 19. The number of benzene rings is 4. The van der Waals surface area contributed by atoms with E-state index in [0.29, 0.717) is 177 Å². The van der Waals surface area contributed by atoms with E-state index in [4.69, 9.17) is 0 Å². The Hall–Kier alpha value is -8.80. The van der Waals surface area contributed by atoms with Gasteiger partial charge >= 0.3 is 0 Å². The predicted molar refractivity (Wildman–Crippen MR) is 335 cm³/mol. The van der Waals surface area contributed by atoms with Gasteiger partial charge in [0.15, 0.2) is 0 Å². The molecule has 476 valence electrons. The Morgan fingerprint density at radius 3 is 0.745 bits per heavy atom. The molecule has 9 saturated carbocycles. The fourth-order valence-electron chi connectivity index (χ4n) is 23.3. The summed E-state index contributed by atoms with van der Waals surface area (Å²) in [4.78, 5) is 171. The van der Waals surface area contributed by atoms with E-state index in [-0.39, 0.29) is 106 Å². The number of nitrogens with zero attached hydrogens (tertiary/aromatic N) is 6. The molecule has 0 N–H and O–H groups in total. The van der Waals surface area contributed by atoms with Crippen LogP contribution in [0.2, 0.25) is 0 Å². The molecule has 0 saturated heterocycles. The molecule has 9 aliphatic carbocycles. The van der Waals surface area contributed by atoms with Crippen molar-refractivity contribution in [3.8, 4) is 22.3 Å². The summed E-state index contributed by atoms with van der Waals surface area (Å²) < 4.78 is 0. The van der Waals surface area contributed by atoms with Gasteiger partial charge in [-0.25, -0.2) is 0 Å². The fourth-order valence-corrected chi connectivity index (χ4v) is 23.3. The van der Waals surface area contributed by atoms with Crippen LogP contribution in [0.4, 0.5) is 0 Å². The Morgan fingerprint density at radius 2 is 0.468 bits per heavy atom. The maximum Gasteiger partial charge on any atom is 0.261 e. The number of carbonyl (C=O) groups is 12. The van der Waals surface area contributed by atoms with E-state index < -0.39 is 0 Å². The Kier molecular flexibility index (Phi) is 12.3. The summed E-state index contributed by atoms with van der Waals surface area (Å²) in [5.74, 6) is 2.92.